The van der Waals surface area contributed by atoms with Crippen molar-refractivity contribution in [3.05, 3.63) is 125 Å². The number of Topliss-reactive ketones (excluding diaryl/α,β-unsaturated/α-hetero) is 1. The summed E-state index contributed by atoms with van der Waals surface area (Å²) in [6, 6.07) is 24.4. The van der Waals surface area contributed by atoms with E-state index in [1.807, 2.05) is 55.5 Å². The molecule has 3 aromatic carbocycles. The van der Waals surface area contributed by atoms with Crippen molar-refractivity contribution in [3.63, 3.8) is 0 Å². The molecule has 0 amide bonds. The van der Waals surface area contributed by atoms with E-state index in [-0.39, 0.29) is 11.6 Å². The number of rotatable bonds is 8. The normalized spacial score (nSPS) is 17.8. The largest absolute Gasteiger partial charge is 0.416 e. The summed E-state index contributed by atoms with van der Waals surface area (Å²) < 4.78 is 41.7. The SMILES string of the molecule is CCC1C=C(C(F)(F)F)C=C(C(=O)C(C)C(C)c2cccc(C(O)c3ccccc3)c2)N1c1cccc(C#N)c1. The van der Waals surface area contributed by atoms with Gasteiger partial charge in [0.05, 0.1) is 28.9 Å². The predicted octanol–water partition coefficient (Wildman–Crippen LogP) is 7.62. The van der Waals surface area contributed by atoms with Crippen molar-refractivity contribution in [2.75, 3.05) is 4.90 Å². The number of nitrogens with zero attached hydrogens (tertiary/aromatic N) is 2. The van der Waals surface area contributed by atoms with E-state index in [9.17, 15) is 28.3 Å². The highest BCUT2D eigenvalue weighted by atomic mass is 19.4. The Morgan fingerprint density at radius 3 is 2.27 bits per heavy atom. The molecular weight excluding hydrogens is 513 g/mol. The fraction of sp³-hybridized carbons (Fsp3) is 0.273. The van der Waals surface area contributed by atoms with Crippen molar-refractivity contribution >= 4 is 11.5 Å². The lowest BCUT2D eigenvalue weighted by Crippen LogP contribution is -2.41. The Kier molecular flexibility index (Phi) is 8.61. The molecule has 0 fully saturated rings. The van der Waals surface area contributed by atoms with Crippen LogP contribution < -0.4 is 4.90 Å². The van der Waals surface area contributed by atoms with Gasteiger partial charge < -0.3 is 10.0 Å². The summed E-state index contributed by atoms with van der Waals surface area (Å²) >= 11 is 0. The van der Waals surface area contributed by atoms with Crippen molar-refractivity contribution in [1.29, 1.82) is 5.26 Å². The molecule has 40 heavy (non-hydrogen) atoms. The third kappa shape index (κ3) is 6.03. The lowest BCUT2D eigenvalue weighted by atomic mass is 9.82. The van der Waals surface area contributed by atoms with Crippen LogP contribution in [0.15, 0.2) is 102 Å². The number of ketones is 1. The third-order valence-corrected chi connectivity index (χ3v) is 7.54. The number of allylic oxidation sites excluding steroid dienone is 3. The van der Waals surface area contributed by atoms with Crippen LogP contribution in [-0.2, 0) is 4.79 Å². The molecule has 1 aliphatic heterocycles. The first-order chi connectivity index (χ1) is 19.0. The Morgan fingerprint density at radius 1 is 0.975 bits per heavy atom. The van der Waals surface area contributed by atoms with Crippen molar-refractivity contribution in [2.45, 2.75) is 51.4 Å². The van der Waals surface area contributed by atoms with Crippen molar-refractivity contribution in [1.82, 2.24) is 0 Å². The van der Waals surface area contributed by atoms with Crippen LogP contribution in [0.5, 0.6) is 0 Å². The van der Waals surface area contributed by atoms with Gasteiger partial charge in [0.25, 0.3) is 0 Å². The van der Waals surface area contributed by atoms with E-state index in [0.29, 0.717) is 23.2 Å². The first-order valence-electron chi connectivity index (χ1n) is 13.2. The van der Waals surface area contributed by atoms with Gasteiger partial charge in [-0.2, -0.15) is 18.4 Å². The molecule has 4 nitrogen and oxygen atoms in total. The maximum Gasteiger partial charge on any atom is 0.416 e. The van der Waals surface area contributed by atoms with Crippen LogP contribution in [0.4, 0.5) is 18.9 Å². The van der Waals surface area contributed by atoms with E-state index in [4.69, 9.17) is 0 Å². The number of benzene rings is 3. The second kappa shape index (κ2) is 11.9. The Balaban J connectivity index is 1.71. The van der Waals surface area contributed by atoms with Crippen LogP contribution in [0.1, 0.15) is 61.5 Å². The molecule has 0 saturated carbocycles. The summed E-state index contributed by atoms with van der Waals surface area (Å²) in [7, 11) is 0. The lowest BCUT2D eigenvalue weighted by Gasteiger charge is -2.38. The summed E-state index contributed by atoms with van der Waals surface area (Å²) in [5.41, 5.74) is 2.10. The van der Waals surface area contributed by atoms with E-state index < -0.39 is 35.6 Å². The molecule has 1 N–H and O–H groups in total. The van der Waals surface area contributed by atoms with Crippen molar-refractivity contribution in [2.24, 2.45) is 5.92 Å². The van der Waals surface area contributed by atoms with Crippen molar-refractivity contribution < 1.29 is 23.1 Å². The number of nitriles is 1. The molecule has 0 aromatic heterocycles. The highest BCUT2D eigenvalue weighted by Crippen LogP contribution is 2.39. The van der Waals surface area contributed by atoms with Gasteiger partial charge in [-0.15, -0.1) is 0 Å². The number of halogens is 3. The average Bonchev–Trinajstić information content (AvgIpc) is 2.98. The number of alkyl halides is 3. The number of hydrogen-bond acceptors (Lipinski definition) is 4. The minimum absolute atomic E-state index is 0.0587. The summed E-state index contributed by atoms with van der Waals surface area (Å²) in [5, 5.41) is 20.3. The van der Waals surface area contributed by atoms with Crippen LogP contribution in [-0.4, -0.2) is 23.1 Å². The van der Waals surface area contributed by atoms with Gasteiger partial charge in [-0.3, -0.25) is 4.79 Å². The standard InChI is InChI=1S/C33H31F3N2O2/c1-4-28-18-27(33(34,35)36)19-30(38(28)29-15-8-10-23(16-29)20-37)31(39)22(3)21(2)25-13-9-14-26(17-25)32(40)24-11-6-5-7-12-24/h5-19,21-22,28,32,40H,4H2,1-3H3. The van der Waals surface area contributed by atoms with Crippen molar-refractivity contribution in [3.8, 4) is 6.07 Å². The molecule has 0 bridgehead atoms. The Labute approximate surface area is 232 Å². The number of anilines is 1. The zero-order valence-electron chi connectivity index (χ0n) is 22.6. The molecular formula is C33H31F3N2O2. The first kappa shape index (κ1) is 28.8. The molecule has 4 unspecified atom stereocenters. The molecule has 206 valence electrons. The van der Waals surface area contributed by atoms with E-state index in [0.717, 1.165) is 23.3 Å². The summed E-state index contributed by atoms with van der Waals surface area (Å²) in [6.45, 7) is 5.34. The van der Waals surface area contributed by atoms with Crippen LogP contribution in [0.3, 0.4) is 0 Å². The van der Waals surface area contributed by atoms with Gasteiger partial charge in [0, 0.05) is 11.6 Å². The van der Waals surface area contributed by atoms with Gasteiger partial charge in [-0.1, -0.05) is 81.4 Å². The quantitative estimate of drug-likeness (QED) is 0.317. The Bertz CT molecular complexity index is 1470. The summed E-state index contributed by atoms with van der Waals surface area (Å²) in [6.07, 6.45) is -3.08. The van der Waals surface area contributed by atoms with Gasteiger partial charge in [-0.25, -0.2) is 0 Å². The molecule has 0 saturated heterocycles. The first-order valence-corrected chi connectivity index (χ1v) is 13.2. The van der Waals surface area contributed by atoms with Gasteiger partial charge in [0.1, 0.15) is 6.10 Å². The summed E-state index contributed by atoms with van der Waals surface area (Å²) in [4.78, 5) is 15.6. The van der Waals surface area contributed by atoms with Gasteiger partial charge in [0.2, 0.25) is 0 Å². The predicted molar refractivity (Wildman–Crippen MR) is 149 cm³/mol. The second-order valence-corrected chi connectivity index (χ2v) is 10.1. The molecule has 3 aromatic rings. The highest BCUT2D eigenvalue weighted by Gasteiger charge is 2.40. The summed E-state index contributed by atoms with van der Waals surface area (Å²) in [5.74, 6) is -1.47. The molecule has 0 radical (unpaired) electrons. The molecule has 4 atom stereocenters. The van der Waals surface area contributed by atoms with Crippen LogP contribution >= 0.6 is 0 Å². The zero-order valence-corrected chi connectivity index (χ0v) is 22.6. The van der Waals surface area contributed by atoms with Gasteiger partial charge >= 0.3 is 6.18 Å². The Hall–Kier alpha value is -4.15. The molecule has 7 heteroatoms. The Morgan fingerprint density at radius 2 is 1.62 bits per heavy atom. The fourth-order valence-electron chi connectivity index (χ4n) is 5.04. The lowest BCUT2D eigenvalue weighted by molar-refractivity contribution is -0.119. The second-order valence-electron chi connectivity index (χ2n) is 10.1. The minimum Gasteiger partial charge on any atom is -0.384 e. The molecule has 1 heterocycles. The smallest absolute Gasteiger partial charge is 0.384 e. The maximum atomic E-state index is 14.0. The number of carbonyl (C=O) groups excluding carboxylic acids is 1. The van der Waals surface area contributed by atoms with E-state index in [2.05, 4.69) is 6.07 Å². The monoisotopic (exact) mass is 544 g/mol. The molecule has 0 aliphatic carbocycles. The average molecular weight is 545 g/mol. The fourth-order valence-corrected chi connectivity index (χ4v) is 5.04. The number of aliphatic hydroxyl groups excluding tert-OH is 1. The van der Waals surface area contributed by atoms with E-state index in [1.165, 1.54) is 0 Å². The number of aliphatic hydroxyl groups is 1. The molecule has 4 rings (SSSR count). The number of hydrogen-bond donors (Lipinski definition) is 1. The highest BCUT2D eigenvalue weighted by molar-refractivity contribution is 6.02. The van der Waals surface area contributed by atoms with E-state index >= 15 is 0 Å². The van der Waals surface area contributed by atoms with Crippen LogP contribution in [0.2, 0.25) is 0 Å². The van der Waals surface area contributed by atoms with E-state index in [1.54, 1.807) is 49.1 Å². The van der Waals surface area contributed by atoms with Crippen LogP contribution in [0.25, 0.3) is 0 Å². The topological polar surface area (TPSA) is 64.3 Å². The van der Waals surface area contributed by atoms with Crippen LogP contribution in [0, 0.1) is 17.2 Å². The molecule has 0 spiro atoms. The van der Waals surface area contributed by atoms with Gasteiger partial charge in [-0.05, 0) is 59.4 Å². The van der Waals surface area contributed by atoms with Gasteiger partial charge in [0.15, 0.2) is 5.78 Å². The minimum atomic E-state index is -4.61. The number of carbonyl (C=O) groups is 1. The zero-order chi connectivity index (χ0) is 29.0. The maximum absolute atomic E-state index is 14.0. The molecule has 1 aliphatic rings. The third-order valence-electron chi connectivity index (χ3n) is 7.54.